The third-order valence-corrected chi connectivity index (χ3v) is 4.52. The molecule has 3 aromatic rings. The molecule has 0 aliphatic carbocycles. The normalized spacial score (nSPS) is 10.8. The van der Waals surface area contributed by atoms with Crippen LogP contribution in [-0.2, 0) is 22.6 Å². The summed E-state index contributed by atoms with van der Waals surface area (Å²) in [5, 5.41) is 0.819. The van der Waals surface area contributed by atoms with Crippen molar-refractivity contribution >= 4 is 34.3 Å². The van der Waals surface area contributed by atoms with Gasteiger partial charge >= 0.3 is 11.7 Å². The smallest absolute Gasteiger partial charge is 0.332 e. The van der Waals surface area contributed by atoms with Crippen LogP contribution in [0.4, 0.5) is 0 Å². The molecule has 0 atom stereocenters. The molecule has 0 bridgehead atoms. The highest BCUT2D eigenvalue weighted by atomic mass is 35.5. The lowest BCUT2D eigenvalue weighted by atomic mass is 10.1. The fourth-order valence-electron chi connectivity index (χ4n) is 2.84. The first-order chi connectivity index (χ1) is 13.4. The number of benzene rings is 2. The van der Waals surface area contributed by atoms with Gasteiger partial charge in [0.2, 0.25) is 0 Å². The Labute approximate surface area is 164 Å². The van der Waals surface area contributed by atoms with Crippen molar-refractivity contribution in [3.05, 3.63) is 80.0 Å². The Morgan fingerprint density at radius 2 is 1.68 bits per heavy atom. The molecule has 0 saturated heterocycles. The second kappa shape index (κ2) is 8.22. The maximum absolute atomic E-state index is 12.6. The van der Waals surface area contributed by atoms with E-state index in [0.29, 0.717) is 21.5 Å². The van der Waals surface area contributed by atoms with E-state index < -0.39 is 30.4 Å². The number of fused-ring (bicyclic) bond motifs is 1. The Kier molecular flexibility index (Phi) is 5.75. The summed E-state index contributed by atoms with van der Waals surface area (Å²) in [5.41, 5.74) is -0.319. The van der Waals surface area contributed by atoms with Gasteiger partial charge in [-0.05, 0) is 43.3 Å². The first-order valence-electron chi connectivity index (χ1n) is 8.59. The molecule has 1 heterocycles. The van der Waals surface area contributed by atoms with Crippen LogP contribution < -0.4 is 11.2 Å². The van der Waals surface area contributed by atoms with Crippen molar-refractivity contribution in [3.63, 3.8) is 0 Å². The van der Waals surface area contributed by atoms with Crippen LogP contribution in [0.15, 0.2) is 58.1 Å². The molecule has 0 fully saturated rings. The number of rotatable bonds is 6. The molecule has 7 nitrogen and oxygen atoms in total. The molecule has 0 aliphatic heterocycles. The molecule has 8 heteroatoms. The topological polar surface area (TPSA) is 87.4 Å². The van der Waals surface area contributed by atoms with E-state index in [9.17, 15) is 19.2 Å². The van der Waals surface area contributed by atoms with Crippen LogP contribution in [0.5, 0.6) is 0 Å². The molecule has 3 rings (SSSR count). The maximum Gasteiger partial charge on any atom is 0.332 e. The number of nitrogens with zero attached hydrogens (tertiary/aromatic N) is 2. The van der Waals surface area contributed by atoms with Gasteiger partial charge in [0.25, 0.3) is 5.56 Å². The third-order valence-electron chi connectivity index (χ3n) is 4.27. The number of hydrogen-bond acceptors (Lipinski definition) is 5. The monoisotopic (exact) mass is 400 g/mol. The Balaban J connectivity index is 1.81. The quantitative estimate of drug-likeness (QED) is 0.468. The van der Waals surface area contributed by atoms with Gasteiger partial charge < -0.3 is 4.74 Å². The van der Waals surface area contributed by atoms with Gasteiger partial charge in [0.1, 0.15) is 6.54 Å². The van der Waals surface area contributed by atoms with Gasteiger partial charge in [-0.15, -0.1) is 0 Å². The first kappa shape index (κ1) is 19.6. The highest BCUT2D eigenvalue weighted by molar-refractivity contribution is 6.30. The van der Waals surface area contributed by atoms with Gasteiger partial charge in [0, 0.05) is 17.1 Å². The van der Waals surface area contributed by atoms with Crippen LogP contribution in [0.3, 0.4) is 0 Å². The molecular weight excluding hydrogens is 384 g/mol. The molecule has 2 aromatic carbocycles. The number of hydrogen-bond donors (Lipinski definition) is 0. The van der Waals surface area contributed by atoms with Gasteiger partial charge in [-0.1, -0.05) is 23.7 Å². The number of ether oxygens (including phenoxy) is 1. The Morgan fingerprint density at radius 1 is 1.00 bits per heavy atom. The summed E-state index contributed by atoms with van der Waals surface area (Å²) < 4.78 is 7.26. The van der Waals surface area contributed by atoms with E-state index in [-0.39, 0.29) is 12.3 Å². The number of ketones is 1. The van der Waals surface area contributed by atoms with Crippen LogP contribution in [0.25, 0.3) is 10.9 Å². The summed E-state index contributed by atoms with van der Waals surface area (Å²) >= 11 is 5.78. The number of carbonyl (C=O) groups is 2. The van der Waals surface area contributed by atoms with Crippen LogP contribution in [0.2, 0.25) is 5.02 Å². The van der Waals surface area contributed by atoms with E-state index in [1.165, 1.54) is 16.7 Å². The minimum Gasteiger partial charge on any atom is -0.456 e. The summed E-state index contributed by atoms with van der Waals surface area (Å²) in [7, 11) is 0. The highest BCUT2D eigenvalue weighted by Crippen LogP contribution is 2.11. The minimum atomic E-state index is -0.754. The lowest BCUT2D eigenvalue weighted by Crippen LogP contribution is -2.41. The number of esters is 1. The van der Waals surface area contributed by atoms with E-state index >= 15 is 0 Å². The molecule has 0 radical (unpaired) electrons. The van der Waals surface area contributed by atoms with Gasteiger partial charge in [-0.3, -0.25) is 23.5 Å². The summed E-state index contributed by atoms with van der Waals surface area (Å²) in [6, 6.07) is 12.7. The second-order valence-corrected chi connectivity index (χ2v) is 6.46. The lowest BCUT2D eigenvalue weighted by molar-refractivity contribution is -0.143. The van der Waals surface area contributed by atoms with Crippen molar-refractivity contribution in [2.45, 2.75) is 20.0 Å². The lowest BCUT2D eigenvalue weighted by Gasteiger charge is -2.12. The predicted octanol–water partition coefficient (Wildman–Crippen LogP) is 2.26. The molecule has 1 aromatic heterocycles. The fourth-order valence-corrected chi connectivity index (χ4v) is 2.97. The molecular formula is C20H17ClN2O5. The van der Waals surface area contributed by atoms with Crippen LogP contribution in [0, 0.1) is 0 Å². The zero-order valence-electron chi connectivity index (χ0n) is 15.1. The Bertz CT molecular complexity index is 1160. The van der Waals surface area contributed by atoms with Crippen LogP contribution in [0.1, 0.15) is 17.3 Å². The average molecular weight is 401 g/mol. The van der Waals surface area contributed by atoms with Gasteiger partial charge in [-0.25, -0.2) is 4.79 Å². The van der Waals surface area contributed by atoms with E-state index in [1.54, 1.807) is 43.3 Å². The molecule has 0 spiro atoms. The zero-order valence-corrected chi connectivity index (χ0v) is 15.8. The van der Waals surface area contributed by atoms with Gasteiger partial charge in [-0.2, -0.15) is 0 Å². The molecule has 0 N–H and O–H groups in total. The Hall–Kier alpha value is -3.19. The van der Waals surface area contributed by atoms with Crippen LogP contribution >= 0.6 is 11.6 Å². The highest BCUT2D eigenvalue weighted by Gasteiger charge is 2.16. The van der Waals surface area contributed by atoms with E-state index in [1.807, 2.05) is 0 Å². The van der Waals surface area contributed by atoms with Crippen molar-refractivity contribution in [2.75, 3.05) is 6.61 Å². The largest absolute Gasteiger partial charge is 0.456 e. The summed E-state index contributed by atoms with van der Waals surface area (Å²) in [5.74, 6) is -1.14. The first-order valence-corrected chi connectivity index (χ1v) is 8.97. The predicted molar refractivity (Wildman–Crippen MR) is 105 cm³/mol. The van der Waals surface area contributed by atoms with Crippen molar-refractivity contribution in [2.24, 2.45) is 0 Å². The van der Waals surface area contributed by atoms with Crippen molar-refractivity contribution in [1.29, 1.82) is 0 Å². The maximum atomic E-state index is 12.6. The number of halogens is 1. The van der Waals surface area contributed by atoms with E-state index in [0.717, 1.165) is 4.57 Å². The zero-order chi connectivity index (χ0) is 20.3. The summed E-state index contributed by atoms with van der Waals surface area (Å²) in [6.45, 7) is 0.978. The molecule has 0 amide bonds. The van der Waals surface area contributed by atoms with Gasteiger partial charge in [0.05, 0.1) is 10.9 Å². The standard InChI is InChI=1S/C20H17ClN2O5/c1-2-22-19(26)15-5-3-4-6-16(15)23(20(22)27)11-18(25)28-12-17(24)13-7-9-14(21)10-8-13/h3-10H,2,11-12H2,1H3. The molecule has 0 saturated carbocycles. The fraction of sp³-hybridized carbons (Fsp3) is 0.200. The average Bonchev–Trinajstić information content (AvgIpc) is 2.70. The van der Waals surface area contributed by atoms with E-state index in [4.69, 9.17) is 16.3 Å². The summed E-state index contributed by atoms with van der Waals surface area (Å²) in [4.78, 5) is 49.3. The molecule has 0 aliphatic rings. The number of carbonyl (C=O) groups excluding carboxylic acids is 2. The van der Waals surface area contributed by atoms with Gasteiger partial charge in [0.15, 0.2) is 12.4 Å². The molecule has 144 valence electrons. The minimum absolute atomic E-state index is 0.173. The second-order valence-electron chi connectivity index (χ2n) is 6.03. The van der Waals surface area contributed by atoms with Crippen molar-refractivity contribution < 1.29 is 14.3 Å². The SMILES string of the molecule is CCn1c(=O)c2ccccc2n(CC(=O)OCC(=O)c2ccc(Cl)cc2)c1=O. The van der Waals surface area contributed by atoms with Crippen LogP contribution in [-0.4, -0.2) is 27.5 Å². The Morgan fingerprint density at radius 3 is 2.36 bits per heavy atom. The number of para-hydroxylation sites is 1. The van der Waals surface area contributed by atoms with Crippen molar-refractivity contribution in [3.8, 4) is 0 Å². The van der Waals surface area contributed by atoms with E-state index in [2.05, 4.69) is 0 Å². The molecule has 0 unspecified atom stereocenters. The third kappa shape index (κ3) is 3.89. The molecule has 28 heavy (non-hydrogen) atoms. The summed E-state index contributed by atoms with van der Waals surface area (Å²) in [6.07, 6.45) is 0. The number of Topliss-reactive ketones (excluding diaryl/α,β-unsaturated/α-hetero) is 1. The number of aromatic nitrogens is 2. The van der Waals surface area contributed by atoms with Crippen molar-refractivity contribution in [1.82, 2.24) is 9.13 Å².